The van der Waals surface area contributed by atoms with Crippen molar-refractivity contribution in [2.45, 2.75) is 45.8 Å². The number of pyridine rings is 1. The van der Waals surface area contributed by atoms with E-state index in [0.717, 1.165) is 47.5 Å². The van der Waals surface area contributed by atoms with Crippen molar-refractivity contribution >= 4 is 39.4 Å². The third kappa shape index (κ3) is 4.32. The van der Waals surface area contributed by atoms with Crippen LogP contribution in [-0.2, 0) is 4.74 Å². The fourth-order valence-corrected chi connectivity index (χ4v) is 4.20. The van der Waals surface area contributed by atoms with Crippen molar-refractivity contribution in [1.82, 2.24) is 15.6 Å². The normalized spacial score (nSPS) is 15.2. The molecule has 3 heterocycles. The van der Waals surface area contributed by atoms with Gasteiger partial charge in [0.1, 0.15) is 11.9 Å². The molecule has 1 saturated heterocycles. The minimum absolute atomic E-state index is 0.0663. The highest BCUT2D eigenvalue weighted by Gasteiger charge is 2.24. The Bertz CT molecular complexity index is 841. The summed E-state index contributed by atoms with van der Waals surface area (Å²) < 4.78 is 6.53. The first-order valence-corrected chi connectivity index (χ1v) is 10.1. The van der Waals surface area contributed by atoms with Crippen LogP contribution in [0.15, 0.2) is 11.4 Å². The summed E-state index contributed by atoms with van der Waals surface area (Å²) in [6.45, 7) is 7.38. The van der Waals surface area contributed by atoms with E-state index in [1.807, 2.05) is 26.2 Å². The topological polar surface area (TPSA) is 83.6 Å². The molecule has 0 aliphatic carbocycles. The number of fused-ring (bicyclic) bond motifs is 1. The second-order valence-electron chi connectivity index (χ2n) is 7.09. The molecule has 2 amide bonds. The predicted molar refractivity (Wildman–Crippen MR) is 108 cm³/mol. The molecule has 1 fully saturated rings. The van der Waals surface area contributed by atoms with Crippen molar-refractivity contribution in [2.75, 3.05) is 25.0 Å². The van der Waals surface area contributed by atoms with Crippen LogP contribution in [0.1, 0.15) is 42.6 Å². The fraction of sp³-hybridized carbons (Fsp3) is 0.526. The molecule has 2 N–H and O–H groups in total. The zero-order chi connectivity index (χ0) is 19.6. The number of nitrogens with one attached hydrogen (secondary N) is 2. The molecule has 0 atom stereocenters. The third-order valence-corrected chi connectivity index (χ3v) is 5.72. The van der Waals surface area contributed by atoms with E-state index in [9.17, 15) is 9.59 Å². The van der Waals surface area contributed by atoms with E-state index in [2.05, 4.69) is 21.6 Å². The van der Waals surface area contributed by atoms with Crippen LogP contribution in [0.4, 0.5) is 10.6 Å². The van der Waals surface area contributed by atoms with Gasteiger partial charge in [-0.1, -0.05) is 0 Å². The van der Waals surface area contributed by atoms with Gasteiger partial charge in [0.15, 0.2) is 0 Å². The zero-order valence-corrected chi connectivity index (χ0v) is 17.0. The Balaban J connectivity index is 1.72. The van der Waals surface area contributed by atoms with E-state index in [1.165, 1.54) is 0 Å². The van der Waals surface area contributed by atoms with Crippen LogP contribution >= 0.6 is 11.3 Å². The Hall–Kier alpha value is -2.35. The minimum atomic E-state index is -0.354. The Labute approximate surface area is 163 Å². The van der Waals surface area contributed by atoms with E-state index in [-0.39, 0.29) is 24.1 Å². The summed E-state index contributed by atoms with van der Waals surface area (Å²) in [4.78, 5) is 30.8. The number of nitrogens with zero attached hydrogens (tertiary/aromatic N) is 2. The van der Waals surface area contributed by atoms with Crippen LogP contribution in [-0.4, -0.2) is 49.3 Å². The van der Waals surface area contributed by atoms with E-state index in [4.69, 9.17) is 9.72 Å². The van der Waals surface area contributed by atoms with Crippen molar-refractivity contribution in [3.05, 3.63) is 22.6 Å². The third-order valence-electron chi connectivity index (χ3n) is 4.61. The van der Waals surface area contributed by atoms with Crippen LogP contribution in [0.5, 0.6) is 0 Å². The zero-order valence-electron chi connectivity index (χ0n) is 16.2. The number of carbonyl (C=O) groups is 2. The summed E-state index contributed by atoms with van der Waals surface area (Å²) in [7, 11) is 1.63. The lowest BCUT2D eigenvalue weighted by Crippen LogP contribution is -2.41. The highest BCUT2D eigenvalue weighted by atomic mass is 32.1. The van der Waals surface area contributed by atoms with Gasteiger partial charge in [-0.2, -0.15) is 0 Å². The van der Waals surface area contributed by atoms with Crippen molar-refractivity contribution in [3.8, 4) is 0 Å². The van der Waals surface area contributed by atoms with Crippen LogP contribution in [0.3, 0.4) is 0 Å². The number of carbonyl (C=O) groups excluding carboxylic acids is 2. The van der Waals surface area contributed by atoms with Crippen molar-refractivity contribution in [1.29, 1.82) is 0 Å². The van der Waals surface area contributed by atoms with Gasteiger partial charge in [0.05, 0.1) is 15.8 Å². The second kappa shape index (κ2) is 8.12. The summed E-state index contributed by atoms with van der Waals surface area (Å²) in [5, 5.41) is 7.29. The number of thiophene rings is 1. The molecule has 7 nitrogen and oxygen atoms in total. The number of aryl methyl sites for hydroxylation is 1. The maximum atomic E-state index is 12.1. The first kappa shape index (κ1) is 19.4. The number of anilines is 1. The van der Waals surface area contributed by atoms with E-state index in [1.54, 1.807) is 18.4 Å². The Morgan fingerprint density at radius 1 is 1.33 bits per heavy atom. The molecule has 1 aliphatic heterocycles. The smallest absolute Gasteiger partial charge is 0.407 e. The number of piperidine rings is 1. The van der Waals surface area contributed by atoms with Crippen LogP contribution in [0, 0.1) is 6.92 Å². The molecule has 0 aromatic carbocycles. The van der Waals surface area contributed by atoms with E-state index in [0.29, 0.717) is 5.56 Å². The van der Waals surface area contributed by atoms with Gasteiger partial charge in [-0.05, 0) is 32.4 Å². The molecule has 27 heavy (non-hydrogen) atoms. The Morgan fingerprint density at radius 2 is 2.04 bits per heavy atom. The minimum Gasteiger partial charge on any atom is -0.446 e. The molecular formula is C19H26N4O3S. The number of amides is 2. The fourth-order valence-electron chi connectivity index (χ4n) is 3.23. The van der Waals surface area contributed by atoms with Gasteiger partial charge >= 0.3 is 6.09 Å². The van der Waals surface area contributed by atoms with Crippen molar-refractivity contribution in [2.24, 2.45) is 0 Å². The van der Waals surface area contributed by atoms with Gasteiger partial charge in [0.25, 0.3) is 5.91 Å². The Morgan fingerprint density at radius 3 is 2.67 bits per heavy atom. The average molecular weight is 391 g/mol. The molecule has 8 heteroatoms. The lowest BCUT2D eigenvalue weighted by molar-refractivity contribution is 0.0814. The van der Waals surface area contributed by atoms with Gasteiger partial charge in [-0.25, -0.2) is 9.78 Å². The van der Waals surface area contributed by atoms with Crippen molar-refractivity contribution in [3.63, 3.8) is 0 Å². The Kier molecular flexibility index (Phi) is 5.84. The van der Waals surface area contributed by atoms with Gasteiger partial charge < -0.3 is 20.3 Å². The van der Waals surface area contributed by atoms with Gasteiger partial charge in [-0.3, -0.25) is 4.79 Å². The SMILES string of the molecule is CNC(=O)c1csc2c(C)cc(N3CCC(OC(=O)NC(C)C)CC3)nc12. The molecule has 0 saturated carbocycles. The highest BCUT2D eigenvalue weighted by molar-refractivity contribution is 7.17. The number of hydrogen-bond donors (Lipinski definition) is 2. The second-order valence-corrected chi connectivity index (χ2v) is 7.97. The lowest BCUT2D eigenvalue weighted by Gasteiger charge is -2.32. The maximum absolute atomic E-state index is 12.1. The summed E-state index contributed by atoms with van der Waals surface area (Å²) >= 11 is 1.55. The summed E-state index contributed by atoms with van der Waals surface area (Å²) in [6.07, 6.45) is 1.09. The van der Waals surface area contributed by atoms with Crippen LogP contribution in [0.25, 0.3) is 10.2 Å². The number of rotatable bonds is 4. The standard InChI is InChI=1S/C19H26N4O3S/c1-11(2)21-19(25)26-13-5-7-23(8-6-13)15-9-12(3)17-16(22-15)14(10-27-17)18(24)20-4/h9-11,13H,5-8H2,1-4H3,(H,20,24)(H,21,25). The summed E-state index contributed by atoms with van der Waals surface area (Å²) in [6, 6.07) is 2.13. The van der Waals surface area contributed by atoms with Gasteiger partial charge in [0, 0.05) is 44.4 Å². The number of aromatic nitrogens is 1. The van der Waals surface area contributed by atoms with Gasteiger partial charge in [-0.15, -0.1) is 11.3 Å². The molecule has 0 unspecified atom stereocenters. The lowest BCUT2D eigenvalue weighted by atomic mass is 10.1. The van der Waals surface area contributed by atoms with E-state index < -0.39 is 0 Å². The number of ether oxygens (including phenoxy) is 1. The molecule has 1 aliphatic rings. The van der Waals surface area contributed by atoms with Crippen LogP contribution < -0.4 is 15.5 Å². The molecule has 2 aromatic heterocycles. The molecule has 0 bridgehead atoms. The average Bonchev–Trinajstić information content (AvgIpc) is 3.05. The molecule has 146 valence electrons. The first-order valence-electron chi connectivity index (χ1n) is 9.22. The molecule has 3 rings (SSSR count). The maximum Gasteiger partial charge on any atom is 0.407 e. The summed E-state index contributed by atoms with van der Waals surface area (Å²) in [5.74, 6) is 0.752. The molecule has 2 aromatic rings. The number of alkyl carbamates (subject to hydrolysis) is 1. The highest BCUT2D eigenvalue weighted by Crippen LogP contribution is 2.31. The first-order chi connectivity index (χ1) is 12.9. The monoisotopic (exact) mass is 390 g/mol. The molecule has 0 radical (unpaired) electrons. The summed E-state index contributed by atoms with van der Waals surface area (Å²) in [5.41, 5.74) is 2.49. The van der Waals surface area contributed by atoms with Crippen molar-refractivity contribution < 1.29 is 14.3 Å². The number of hydrogen-bond acceptors (Lipinski definition) is 6. The largest absolute Gasteiger partial charge is 0.446 e. The molecule has 0 spiro atoms. The van der Waals surface area contributed by atoms with E-state index >= 15 is 0 Å². The van der Waals surface area contributed by atoms with Crippen LogP contribution in [0.2, 0.25) is 0 Å². The quantitative estimate of drug-likeness (QED) is 0.838. The molecular weight excluding hydrogens is 364 g/mol. The van der Waals surface area contributed by atoms with Gasteiger partial charge in [0.2, 0.25) is 0 Å². The predicted octanol–water partition coefficient (Wildman–Crippen LogP) is 3.07.